The maximum atomic E-state index is 12.5. The highest BCUT2D eigenvalue weighted by atomic mass is 79.9. The molecule has 0 aromatic carbocycles. The lowest BCUT2D eigenvalue weighted by atomic mass is 9.96. The van der Waals surface area contributed by atoms with Crippen molar-refractivity contribution >= 4 is 38.3 Å². The quantitative estimate of drug-likeness (QED) is 0.405. The van der Waals surface area contributed by atoms with Gasteiger partial charge in [-0.3, -0.25) is 4.79 Å². The van der Waals surface area contributed by atoms with E-state index in [9.17, 15) is 4.79 Å². The normalized spacial score (nSPS) is 27.7. The molecule has 0 saturated carbocycles. The van der Waals surface area contributed by atoms with E-state index < -0.39 is 16.6 Å². The lowest BCUT2D eigenvalue weighted by molar-refractivity contribution is -0.116. The van der Waals surface area contributed by atoms with Gasteiger partial charge in [-0.2, -0.15) is 0 Å². The molecule has 7 heteroatoms. The predicted molar refractivity (Wildman–Crippen MR) is 115 cm³/mol. The van der Waals surface area contributed by atoms with Gasteiger partial charge in [0.25, 0.3) is 0 Å². The van der Waals surface area contributed by atoms with Crippen molar-refractivity contribution in [3.63, 3.8) is 0 Å². The van der Waals surface area contributed by atoms with Crippen molar-refractivity contribution in [3.05, 3.63) is 10.1 Å². The van der Waals surface area contributed by atoms with E-state index in [2.05, 4.69) is 83.7 Å². The third-order valence-corrected chi connectivity index (χ3v) is 16.4. The van der Waals surface area contributed by atoms with E-state index in [-0.39, 0.29) is 34.2 Å². The minimum absolute atomic E-state index is 0.0268. The van der Waals surface area contributed by atoms with E-state index in [1.807, 2.05) is 0 Å². The van der Waals surface area contributed by atoms with Gasteiger partial charge in [0.15, 0.2) is 22.7 Å². The molecule has 0 bridgehead atoms. The van der Waals surface area contributed by atoms with Crippen molar-refractivity contribution in [2.75, 3.05) is 6.61 Å². The van der Waals surface area contributed by atoms with Gasteiger partial charge < -0.3 is 13.6 Å². The largest absolute Gasteiger partial charge is 0.413 e. The summed E-state index contributed by atoms with van der Waals surface area (Å²) < 4.78 is 19.4. The Bertz CT molecular complexity index is 614. The first-order valence-corrected chi connectivity index (χ1v) is 16.0. The average molecular weight is 464 g/mol. The third-order valence-electron chi connectivity index (χ3n) is 6.55. The van der Waals surface area contributed by atoms with Crippen LogP contribution < -0.4 is 0 Å². The molecule has 150 valence electrons. The Morgan fingerprint density at radius 1 is 1.00 bits per heavy atom. The number of rotatable bonds is 5. The van der Waals surface area contributed by atoms with Crippen LogP contribution in [0.25, 0.3) is 0 Å². The van der Waals surface area contributed by atoms with Crippen molar-refractivity contribution in [2.24, 2.45) is 0 Å². The summed E-state index contributed by atoms with van der Waals surface area (Å²) in [7, 11) is -3.93. The Balaban J connectivity index is 2.28. The van der Waals surface area contributed by atoms with E-state index in [0.717, 1.165) is 5.57 Å². The van der Waals surface area contributed by atoms with Crippen LogP contribution in [0, 0.1) is 0 Å². The van der Waals surface area contributed by atoms with Crippen molar-refractivity contribution in [2.45, 2.75) is 96.1 Å². The number of carbonyl (C=O) groups is 1. The smallest absolute Gasteiger partial charge is 0.201 e. The summed E-state index contributed by atoms with van der Waals surface area (Å²) in [6.45, 7) is 22.7. The number of carbonyl (C=O) groups excluding carboxylic acids is 1. The molecule has 1 aliphatic heterocycles. The molecule has 0 aromatic rings. The van der Waals surface area contributed by atoms with Crippen LogP contribution in [0.15, 0.2) is 10.1 Å². The molecule has 2 rings (SSSR count). The first kappa shape index (κ1) is 22.5. The second-order valence-electron chi connectivity index (χ2n) is 10.6. The topological polar surface area (TPSA) is 48.1 Å². The molecule has 0 aromatic heterocycles. The molecule has 0 amide bonds. The minimum atomic E-state index is -2.00. The Morgan fingerprint density at radius 2 is 1.50 bits per heavy atom. The van der Waals surface area contributed by atoms with Crippen molar-refractivity contribution in [1.82, 2.24) is 0 Å². The van der Waals surface area contributed by atoms with Crippen LogP contribution in [-0.2, 0) is 18.4 Å². The number of Topliss-reactive ketones (excluding diaryl/α,β-unsaturated/α-hetero) is 1. The first-order chi connectivity index (χ1) is 11.5. The molecule has 4 nitrogen and oxygen atoms in total. The van der Waals surface area contributed by atoms with E-state index in [1.54, 1.807) is 0 Å². The van der Waals surface area contributed by atoms with Crippen LogP contribution in [0.1, 0.15) is 41.5 Å². The lowest BCUT2D eigenvalue weighted by Crippen LogP contribution is -2.49. The summed E-state index contributed by atoms with van der Waals surface area (Å²) in [4.78, 5) is 12.5. The average Bonchev–Trinajstić information content (AvgIpc) is 3.22. The van der Waals surface area contributed by atoms with Crippen LogP contribution in [0.3, 0.4) is 0 Å². The number of ketones is 1. The number of fused-ring (bicyclic) bond motifs is 1. The van der Waals surface area contributed by atoms with Gasteiger partial charge in [-0.05, 0) is 52.2 Å². The van der Waals surface area contributed by atoms with Gasteiger partial charge in [-0.25, -0.2) is 0 Å². The molecule has 2 aliphatic rings. The molecule has 1 aliphatic carbocycles. The lowest BCUT2D eigenvalue weighted by Gasteiger charge is -2.41. The highest BCUT2D eigenvalue weighted by Crippen LogP contribution is 2.46. The van der Waals surface area contributed by atoms with Crippen LogP contribution in [0.5, 0.6) is 0 Å². The summed E-state index contributed by atoms with van der Waals surface area (Å²) >= 11 is 3.52. The van der Waals surface area contributed by atoms with Gasteiger partial charge in [-0.1, -0.05) is 41.5 Å². The standard InChI is InChI=1S/C19H35BrO4Si2/c1-18(2,3)25(7,8)22-11-12-13(20)14(21)16-17(23-16)15(12)24-26(9,10)19(4,5)6/h15-17H,11H2,1-10H3/t15-,16-,17+/m0/s1. The highest BCUT2D eigenvalue weighted by molar-refractivity contribution is 9.12. The monoisotopic (exact) mass is 462 g/mol. The molecular formula is C19H35BrO4Si2. The number of ether oxygens (including phenoxy) is 1. The van der Waals surface area contributed by atoms with Gasteiger partial charge in [0, 0.05) is 5.57 Å². The molecule has 1 saturated heterocycles. The minimum Gasteiger partial charge on any atom is -0.413 e. The van der Waals surface area contributed by atoms with Crippen molar-refractivity contribution in [3.8, 4) is 0 Å². The van der Waals surface area contributed by atoms with Crippen LogP contribution in [0.2, 0.25) is 36.3 Å². The molecule has 3 atom stereocenters. The predicted octanol–water partition coefficient (Wildman–Crippen LogP) is 5.40. The van der Waals surface area contributed by atoms with Crippen molar-refractivity contribution < 1.29 is 18.4 Å². The van der Waals surface area contributed by atoms with Crippen LogP contribution >= 0.6 is 15.9 Å². The number of halogens is 1. The molecule has 0 N–H and O–H groups in total. The fraction of sp³-hybridized carbons (Fsp3) is 0.842. The van der Waals surface area contributed by atoms with E-state index >= 15 is 0 Å². The van der Waals surface area contributed by atoms with Gasteiger partial charge in [0.1, 0.15) is 6.10 Å². The van der Waals surface area contributed by atoms with Crippen molar-refractivity contribution in [1.29, 1.82) is 0 Å². The van der Waals surface area contributed by atoms with Gasteiger partial charge in [0.05, 0.1) is 17.2 Å². The zero-order valence-corrected chi connectivity index (χ0v) is 21.5. The first-order valence-electron chi connectivity index (χ1n) is 9.39. The molecule has 0 unspecified atom stereocenters. The Labute approximate surface area is 169 Å². The number of hydrogen-bond acceptors (Lipinski definition) is 4. The summed E-state index contributed by atoms with van der Waals surface area (Å²) in [5.41, 5.74) is 0.920. The van der Waals surface area contributed by atoms with Crippen LogP contribution in [0.4, 0.5) is 0 Å². The SMILES string of the molecule is CC(C)(C)[Si](C)(C)OCC1=C(Br)C(=O)[C@@H]2O[C@@H]2[C@H]1O[Si](C)(C)C(C)(C)C. The summed E-state index contributed by atoms with van der Waals surface area (Å²) in [5, 5.41) is 0.212. The maximum absolute atomic E-state index is 12.5. The third kappa shape index (κ3) is 4.28. The second kappa shape index (κ2) is 6.92. The number of epoxide rings is 1. The van der Waals surface area contributed by atoms with Gasteiger partial charge >= 0.3 is 0 Å². The van der Waals surface area contributed by atoms with Gasteiger partial charge in [-0.15, -0.1) is 0 Å². The summed E-state index contributed by atoms with van der Waals surface area (Å²) in [6, 6.07) is 0. The summed E-state index contributed by atoms with van der Waals surface area (Å²) in [5.74, 6) is 0.0268. The van der Waals surface area contributed by atoms with E-state index in [1.165, 1.54) is 0 Å². The van der Waals surface area contributed by atoms with E-state index in [0.29, 0.717) is 11.1 Å². The Hall–Kier alpha value is 0.204. The molecule has 26 heavy (non-hydrogen) atoms. The highest BCUT2D eigenvalue weighted by Gasteiger charge is 2.58. The van der Waals surface area contributed by atoms with E-state index in [4.69, 9.17) is 13.6 Å². The van der Waals surface area contributed by atoms with Gasteiger partial charge in [0.2, 0.25) is 5.78 Å². The zero-order valence-electron chi connectivity index (χ0n) is 18.0. The number of hydrogen-bond donors (Lipinski definition) is 0. The molecule has 1 heterocycles. The summed E-state index contributed by atoms with van der Waals surface area (Å²) in [6.07, 6.45) is -0.704. The fourth-order valence-corrected chi connectivity index (χ4v) is 5.20. The van der Waals surface area contributed by atoms with Crippen LogP contribution in [-0.4, -0.2) is 47.3 Å². The molecule has 0 spiro atoms. The molecule has 0 radical (unpaired) electrons. The Morgan fingerprint density at radius 3 is 1.96 bits per heavy atom. The molecular weight excluding hydrogens is 428 g/mol. The zero-order chi connectivity index (χ0) is 20.3. The Kier molecular flexibility index (Phi) is 5.98. The maximum Gasteiger partial charge on any atom is 0.201 e. The fourth-order valence-electron chi connectivity index (χ4n) is 2.42. The molecule has 1 fully saturated rings. The second-order valence-corrected chi connectivity index (χ2v) is 20.9.